The molecule has 9 nitrogen and oxygen atoms in total. The van der Waals surface area contributed by atoms with E-state index in [-0.39, 0.29) is 28.8 Å². The van der Waals surface area contributed by atoms with Crippen molar-refractivity contribution in [1.29, 1.82) is 0 Å². The van der Waals surface area contributed by atoms with Crippen LogP contribution in [0.3, 0.4) is 0 Å². The van der Waals surface area contributed by atoms with E-state index in [2.05, 4.69) is 32.6 Å². The fourth-order valence-corrected chi connectivity index (χ4v) is 5.03. The summed E-state index contributed by atoms with van der Waals surface area (Å²) in [6, 6.07) is 5.79. The van der Waals surface area contributed by atoms with Crippen LogP contribution in [-0.4, -0.2) is 70.6 Å². The number of benzene rings is 1. The molecule has 0 bridgehead atoms. The Morgan fingerprint density at radius 3 is 2.56 bits per heavy atom. The van der Waals surface area contributed by atoms with Crippen molar-refractivity contribution in [3.63, 3.8) is 0 Å². The second-order valence-corrected chi connectivity index (χ2v) is 9.95. The van der Waals surface area contributed by atoms with Gasteiger partial charge in [-0.25, -0.2) is 13.9 Å². The number of hydrogen-bond acceptors (Lipinski definition) is 6. The minimum absolute atomic E-state index is 0.0354. The second kappa shape index (κ2) is 10.4. The number of nitrogens with one attached hydrogen (secondary N) is 2. The van der Waals surface area contributed by atoms with Gasteiger partial charge in [-0.15, -0.1) is 0 Å². The zero-order valence-corrected chi connectivity index (χ0v) is 20.8. The Bertz CT molecular complexity index is 1270. The molecule has 1 saturated carbocycles. The highest BCUT2D eigenvalue weighted by atomic mass is 35.5. The molecule has 1 saturated heterocycles. The number of anilines is 2. The number of likely N-dealkylation sites (N-methyl/N-ethyl adjacent to an activating group) is 1. The Kier molecular flexibility index (Phi) is 7.06. The van der Waals surface area contributed by atoms with Crippen molar-refractivity contribution in [2.45, 2.75) is 31.7 Å². The van der Waals surface area contributed by atoms with Crippen molar-refractivity contribution >= 4 is 40.6 Å². The molecule has 0 atom stereocenters. The summed E-state index contributed by atoms with van der Waals surface area (Å²) in [6.45, 7) is 3.72. The third-order valence-electron chi connectivity index (χ3n) is 7.05. The van der Waals surface area contributed by atoms with Gasteiger partial charge in [0.25, 0.3) is 5.91 Å². The second-order valence-electron chi connectivity index (χ2n) is 9.54. The number of piperazine rings is 1. The predicted molar refractivity (Wildman–Crippen MR) is 136 cm³/mol. The molecule has 3 heterocycles. The number of fused-ring (bicyclic) bond motifs is 1. The van der Waals surface area contributed by atoms with E-state index in [4.69, 9.17) is 16.6 Å². The van der Waals surface area contributed by atoms with E-state index >= 15 is 0 Å². The lowest BCUT2D eigenvalue weighted by Gasteiger charge is -2.33. The first kappa shape index (κ1) is 24.5. The maximum Gasteiger partial charge on any atom is 0.256 e. The maximum absolute atomic E-state index is 13.2. The van der Waals surface area contributed by atoms with Crippen LogP contribution in [0.15, 0.2) is 36.7 Å². The standard InChI is InChI=1S/C25H29ClFN7O2/c1-32-10-12-33(13-11-32)22-8-9-34-23(31-22)19(15-28-34)25(36)29-18-5-2-16(3-6-18)24(35)30-21-7-4-17(27)14-20(21)26/h4,7-9,14-16,18H,2-3,5-6,10-13H2,1H3,(H,29,36)(H,30,35). The number of halogens is 2. The lowest BCUT2D eigenvalue weighted by Crippen LogP contribution is -2.44. The quantitative estimate of drug-likeness (QED) is 0.544. The zero-order valence-electron chi connectivity index (χ0n) is 20.1. The lowest BCUT2D eigenvalue weighted by atomic mass is 9.85. The van der Waals surface area contributed by atoms with Gasteiger partial charge in [0.05, 0.1) is 16.9 Å². The van der Waals surface area contributed by atoms with Crippen LogP contribution in [0.4, 0.5) is 15.9 Å². The predicted octanol–water partition coefficient (Wildman–Crippen LogP) is 3.20. The Morgan fingerprint density at radius 1 is 1.08 bits per heavy atom. The van der Waals surface area contributed by atoms with Crippen LogP contribution in [0.1, 0.15) is 36.0 Å². The molecule has 2 N–H and O–H groups in total. The molecule has 1 aliphatic carbocycles. The van der Waals surface area contributed by atoms with E-state index in [1.807, 2.05) is 12.3 Å². The van der Waals surface area contributed by atoms with Gasteiger partial charge in [0.1, 0.15) is 17.2 Å². The number of rotatable bonds is 5. The molecule has 3 aromatic rings. The van der Waals surface area contributed by atoms with E-state index in [0.717, 1.165) is 32.0 Å². The lowest BCUT2D eigenvalue weighted by molar-refractivity contribution is -0.120. The van der Waals surface area contributed by atoms with Crippen LogP contribution in [-0.2, 0) is 4.79 Å². The zero-order chi connectivity index (χ0) is 25.2. The third kappa shape index (κ3) is 5.29. The van der Waals surface area contributed by atoms with Crippen molar-refractivity contribution in [3.05, 3.63) is 53.1 Å². The van der Waals surface area contributed by atoms with Crippen molar-refractivity contribution < 1.29 is 14.0 Å². The number of nitrogens with zero attached hydrogens (tertiary/aromatic N) is 5. The topological polar surface area (TPSA) is 94.9 Å². The number of aromatic nitrogens is 3. The molecular formula is C25H29ClFN7O2. The van der Waals surface area contributed by atoms with E-state index < -0.39 is 5.82 Å². The summed E-state index contributed by atoms with van der Waals surface area (Å²) < 4.78 is 14.9. The van der Waals surface area contributed by atoms with Crippen LogP contribution in [0.25, 0.3) is 5.65 Å². The summed E-state index contributed by atoms with van der Waals surface area (Å²) in [5, 5.41) is 10.4. The van der Waals surface area contributed by atoms with Gasteiger partial charge in [0, 0.05) is 44.3 Å². The third-order valence-corrected chi connectivity index (χ3v) is 7.36. The first-order chi connectivity index (χ1) is 17.4. The molecule has 2 aromatic heterocycles. The van der Waals surface area contributed by atoms with Crippen LogP contribution < -0.4 is 15.5 Å². The summed E-state index contributed by atoms with van der Waals surface area (Å²) in [4.78, 5) is 35.0. The molecule has 190 valence electrons. The monoisotopic (exact) mass is 513 g/mol. The normalized spacial score (nSPS) is 20.9. The highest BCUT2D eigenvalue weighted by Gasteiger charge is 2.28. The first-order valence-corrected chi connectivity index (χ1v) is 12.6. The fraction of sp³-hybridized carbons (Fsp3) is 0.440. The van der Waals surface area contributed by atoms with Crippen molar-refractivity contribution in [1.82, 2.24) is 24.8 Å². The smallest absolute Gasteiger partial charge is 0.256 e. The van der Waals surface area contributed by atoms with E-state index in [0.29, 0.717) is 42.6 Å². The first-order valence-electron chi connectivity index (χ1n) is 12.2. The van der Waals surface area contributed by atoms with Crippen LogP contribution in [0.2, 0.25) is 5.02 Å². The Morgan fingerprint density at radius 2 is 1.83 bits per heavy atom. The summed E-state index contributed by atoms with van der Waals surface area (Å²) in [5.74, 6) is -0.149. The van der Waals surface area contributed by atoms with E-state index in [9.17, 15) is 14.0 Å². The van der Waals surface area contributed by atoms with Gasteiger partial charge in [-0.2, -0.15) is 5.10 Å². The van der Waals surface area contributed by atoms with Gasteiger partial charge in [-0.1, -0.05) is 11.6 Å². The minimum atomic E-state index is -0.453. The van der Waals surface area contributed by atoms with Crippen molar-refractivity contribution in [3.8, 4) is 0 Å². The molecule has 0 unspecified atom stereocenters. The average Bonchev–Trinajstić information content (AvgIpc) is 3.30. The molecule has 0 radical (unpaired) electrons. The van der Waals surface area contributed by atoms with Gasteiger partial charge in [-0.05, 0) is 57.0 Å². The summed E-state index contributed by atoms with van der Waals surface area (Å²) in [5.41, 5.74) is 1.37. The summed E-state index contributed by atoms with van der Waals surface area (Å²) in [6.07, 6.45) is 6.02. The van der Waals surface area contributed by atoms with Gasteiger partial charge in [-0.3, -0.25) is 9.59 Å². The number of hydrogen-bond donors (Lipinski definition) is 2. The molecule has 0 spiro atoms. The molecule has 2 amide bonds. The highest BCUT2D eigenvalue weighted by Crippen LogP contribution is 2.28. The van der Waals surface area contributed by atoms with Gasteiger partial charge in [0.15, 0.2) is 5.65 Å². The maximum atomic E-state index is 13.2. The minimum Gasteiger partial charge on any atom is -0.354 e. The molecule has 1 aliphatic heterocycles. The van der Waals surface area contributed by atoms with Crippen LogP contribution >= 0.6 is 11.6 Å². The largest absolute Gasteiger partial charge is 0.354 e. The molecule has 5 rings (SSSR count). The van der Waals surface area contributed by atoms with Crippen LogP contribution in [0, 0.1) is 11.7 Å². The summed E-state index contributed by atoms with van der Waals surface area (Å²) in [7, 11) is 2.11. The van der Waals surface area contributed by atoms with Crippen molar-refractivity contribution in [2.75, 3.05) is 43.4 Å². The molecule has 2 fully saturated rings. The fourth-order valence-electron chi connectivity index (χ4n) is 4.82. The Balaban J connectivity index is 1.18. The molecule has 36 heavy (non-hydrogen) atoms. The van der Waals surface area contributed by atoms with E-state index in [1.54, 1.807) is 10.7 Å². The Hall–Kier alpha value is -3.24. The van der Waals surface area contributed by atoms with E-state index in [1.165, 1.54) is 18.2 Å². The van der Waals surface area contributed by atoms with Gasteiger partial charge < -0.3 is 20.4 Å². The number of carbonyl (C=O) groups is 2. The molecule has 1 aromatic carbocycles. The summed E-state index contributed by atoms with van der Waals surface area (Å²) >= 11 is 6.02. The number of carbonyl (C=O) groups excluding carboxylic acids is 2. The Labute approximate surface area is 213 Å². The van der Waals surface area contributed by atoms with Gasteiger partial charge >= 0.3 is 0 Å². The molecular weight excluding hydrogens is 485 g/mol. The molecule has 11 heteroatoms. The van der Waals surface area contributed by atoms with Crippen molar-refractivity contribution in [2.24, 2.45) is 5.92 Å². The average molecular weight is 514 g/mol. The molecule has 2 aliphatic rings. The highest BCUT2D eigenvalue weighted by molar-refractivity contribution is 6.33. The van der Waals surface area contributed by atoms with Gasteiger partial charge in [0.2, 0.25) is 5.91 Å². The number of amides is 2. The van der Waals surface area contributed by atoms with Crippen LogP contribution in [0.5, 0.6) is 0 Å². The SMILES string of the molecule is CN1CCN(c2ccn3ncc(C(=O)NC4CCC(C(=O)Nc5ccc(F)cc5Cl)CC4)c3n2)CC1.